The van der Waals surface area contributed by atoms with Gasteiger partial charge >= 0.3 is 0 Å². The van der Waals surface area contributed by atoms with Gasteiger partial charge in [0.15, 0.2) is 0 Å². The van der Waals surface area contributed by atoms with Crippen LogP contribution in [0.25, 0.3) is 0 Å². The lowest BCUT2D eigenvalue weighted by Gasteiger charge is -2.17. The maximum Gasteiger partial charge on any atom is 0.227 e. The highest BCUT2D eigenvalue weighted by Gasteiger charge is 2.35. The van der Waals surface area contributed by atoms with Gasteiger partial charge in [-0.1, -0.05) is 6.07 Å². The molecule has 1 N–H and O–H groups in total. The van der Waals surface area contributed by atoms with Crippen LogP contribution in [0.1, 0.15) is 6.42 Å². The topological polar surface area (TPSA) is 76.5 Å². The first-order chi connectivity index (χ1) is 11.7. The van der Waals surface area contributed by atoms with Crippen LogP contribution in [0.15, 0.2) is 43.0 Å². The number of anilines is 1. The molecule has 0 aliphatic carbocycles. The Bertz CT molecular complexity index is 714. The summed E-state index contributed by atoms with van der Waals surface area (Å²) in [6, 6.07) is 7.31. The average Bonchev–Trinajstić information content (AvgIpc) is 3.24. The molecule has 0 saturated carbocycles. The molecule has 2 heterocycles. The minimum Gasteiger partial charge on any atom is -0.497 e. The van der Waals surface area contributed by atoms with Crippen LogP contribution in [0.3, 0.4) is 0 Å². The highest BCUT2D eigenvalue weighted by molar-refractivity contribution is 6.00. The van der Waals surface area contributed by atoms with Crippen LogP contribution in [-0.2, 0) is 16.1 Å². The molecule has 1 aromatic heterocycles. The number of hydrogen-bond acceptors (Lipinski definition) is 4. The van der Waals surface area contributed by atoms with Crippen LogP contribution < -0.4 is 15.0 Å². The molecule has 1 unspecified atom stereocenters. The van der Waals surface area contributed by atoms with E-state index in [1.807, 2.05) is 29.0 Å². The monoisotopic (exact) mass is 328 g/mol. The van der Waals surface area contributed by atoms with Gasteiger partial charge in [-0.2, -0.15) is 0 Å². The fourth-order valence-electron chi connectivity index (χ4n) is 2.78. The Labute approximate surface area is 140 Å². The summed E-state index contributed by atoms with van der Waals surface area (Å²) >= 11 is 0. The standard InChI is InChI=1S/C17H20N4O3/c1-24-15-4-2-3-14(10-15)21-11-13(9-16(21)22)17(23)19-6-8-20-7-5-18-12-20/h2-5,7,10,12-13H,6,8-9,11H2,1H3,(H,19,23). The zero-order chi connectivity index (χ0) is 16.9. The Kier molecular flexibility index (Phi) is 4.79. The zero-order valence-corrected chi connectivity index (χ0v) is 13.5. The van der Waals surface area contributed by atoms with E-state index in [2.05, 4.69) is 10.3 Å². The molecule has 7 nitrogen and oxygen atoms in total. The summed E-state index contributed by atoms with van der Waals surface area (Å²) in [6.45, 7) is 1.56. The first-order valence-corrected chi connectivity index (χ1v) is 7.85. The molecule has 1 saturated heterocycles. The van der Waals surface area contributed by atoms with E-state index in [9.17, 15) is 9.59 Å². The van der Waals surface area contributed by atoms with Gasteiger partial charge in [-0.15, -0.1) is 0 Å². The van der Waals surface area contributed by atoms with E-state index in [-0.39, 0.29) is 24.2 Å². The molecule has 0 bridgehead atoms. The number of aromatic nitrogens is 2. The average molecular weight is 328 g/mol. The van der Waals surface area contributed by atoms with Crippen LogP contribution in [0, 0.1) is 5.92 Å². The maximum atomic E-state index is 12.3. The van der Waals surface area contributed by atoms with Crippen molar-refractivity contribution in [1.82, 2.24) is 14.9 Å². The third-order valence-electron chi connectivity index (χ3n) is 4.09. The van der Waals surface area contributed by atoms with Gasteiger partial charge in [0, 0.05) is 50.2 Å². The Morgan fingerprint density at radius 1 is 1.46 bits per heavy atom. The van der Waals surface area contributed by atoms with Crippen molar-refractivity contribution in [1.29, 1.82) is 0 Å². The number of hydrogen-bond donors (Lipinski definition) is 1. The number of methoxy groups -OCH3 is 1. The summed E-state index contributed by atoms with van der Waals surface area (Å²) in [4.78, 5) is 30.1. The lowest BCUT2D eigenvalue weighted by Crippen LogP contribution is -2.34. The van der Waals surface area contributed by atoms with Gasteiger partial charge in [0.05, 0.1) is 19.4 Å². The number of nitrogens with one attached hydrogen (secondary N) is 1. The molecule has 0 spiro atoms. The third kappa shape index (κ3) is 3.56. The number of carbonyl (C=O) groups excluding carboxylic acids is 2. The molecule has 7 heteroatoms. The van der Waals surface area contributed by atoms with Gasteiger partial charge in [0.25, 0.3) is 0 Å². The summed E-state index contributed by atoms with van der Waals surface area (Å²) in [6.07, 6.45) is 5.48. The molecule has 1 aliphatic rings. The van der Waals surface area contributed by atoms with Crippen LogP contribution in [0.4, 0.5) is 5.69 Å². The van der Waals surface area contributed by atoms with Gasteiger partial charge in [-0.3, -0.25) is 9.59 Å². The van der Waals surface area contributed by atoms with E-state index in [1.165, 1.54) is 0 Å². The number of amides is 2. The molecular weight excluding hydrogens is 308 g/mol. The molecule has 2 aromatic rings. The van der Waals surface area contributed by atoms with E-state index < -0.39 is 0 Å². The summed E-state index contributed by atoms with van der Waals surface area (Å²) in [5, 5.41) is 2.89. The molecule has 3 rings (SSSR count). The van der Waals surface area contributed by atoms with Crippen molar-refractivity contribution in [2.75, 3.05) is 25.1 Å². The number of imidazole rings is 1. The molecule has 2 amide bonds. The molecule has 1 aromatic carbocycles. The number of ether oxygens (including phenoxy) is 1. The Morgan fingerprint density at radius 3 is 3.08 bits per heavy atom. The second-order valence-electron chi connectivity index (χ2n) is 5.70. The van der Waals surface area contributed by atoms with E-state index >= 15 is 0 Å². The van der Waals surface area contributed by atoms with Crippen LogP contribution in [0.2, 0.25) is 0 Å². The van der Waals surface area contributed by atoms with Crippen molar-refractivity contribution in [2.24, 2.45) is 5.92 Å². The predicted molar refractivity (Wildman–Crippen MR) is 88.7 cm³/mol. The van der Waals surface area contributed by atoms with Crippen molar-refractivity contribution in [3.8, 4) is 5.75 Å². The first-order valence-electron chi connectivity index (χ1n) is 7.85. The highest BCUT2D eigenvalue weighted by Crippen LogP contribution is 2.27. The smallest absolute Gasteiger partial charge is 0.227 e. The summed E-state index contributed by atoms with van der Waals surface area (Å²) < 4.78 is 7.08. The van der Waals surface area contributed by atoms with Crippen molar-refractivity contribution >= 4 is 17.5 Å². The molecule has 0 radical (unpaired) electrons. The van der Waals surface area contributed by atoms with Crippen molar-refractivity contribution in [2.45, 2.75) is 13.0 Å². The summed E-state index contributed by atoms with van der Waals surface area (Å²) in [5.41, 5.74) is 0.757. The molecule has 24 heavy (non-hydrogen) atoms. The fourth-order valence-corrected chi connectivity index (χ4v) is 2.78. The lowest BCUT2D eigenvalue weighted by molar-refractivity contribution is -0.126. The van der Waals surface area contributed by atoms with Crippen molar-refractivity contribution in [3.05, 3.63) is 43.0 Å². The van der Waals surface area contributed by atoms with Crippen LogP contribution >= 0.6 is 0 Å². The zero-order valence-electron chi connectivity index (χ0n) is 13.5. The second-order valence-corrected chi connectivity index (χ2v) is 5.70. The Balaban J connectivity index is 1.56. The third-order valence-corrected chi connectivity index (χ3v) is 4.09. The van der Waals surface area contributed by atoms with Crippen LogP contribution in [-0.4, -0.2) is 41.6 Å². The highest BCUT2D eigenvalue weighted by atomic mass is 16.5. The lowest BCUT2D eigenvalue weighted by atomic mass is 10.1. The second kappa shape index (κ2) is 7.16. The Morgan fingerprint density at radius 2 is 2.33 bits per heavy atom. The van der Waals surface area contributed by atoms with Gasteiger partial charge in [-0.05, 0) is 12.1 Å². The van der Waals surface area contributed by atoms with E-state index in [4.69, 9.17) is 4.74 Å². The molecule has 126 valence electrons. The predicted octanol–water partition coefficient (Wildman–Crippen LogP) is 1.06. The van der Waals surface area contributed by atoms with E-state index in [0.717, 1.165) is 5.69 Å². The summed E-state index contributed by atoms with van der Waals surface area (Å²) in [7, 11) is 1.58. The number of carbonyl (C=O) groups is 2. The minimum atomic E-state index is -0.327. The van der Waals surface area contributed by atoms with Gasteiger partial charge in [-0.25, -0.2) is 4.98 Å². The fraction of sp³-hybridized carbons (Fsp3) is 0.353. The van der Waals surface area contributed by atoms with Crippen LogP contribution in [0.5, 0.6) is 5.75 Å². The molecule has 1 fully saturated rings. The van der Waals surface area contributed by atoms with Crippen molar-refractivity contribution < 1.29 is 14.3 Å². The van der Waals surface area contributed by atoms with E-state index in [0.29, 0.717) is 25.4 Å². The SMILES string of the molecule is COc1cccc(N2CC(C(=O)NCCn3ccnc3)CC2=O)c1. The summed E-state index contributed by atoms with van der Waals surface area (Å²) in [5.74, 6) is 0.229. The number of nitrogens with zero attached hydrogens (tertiary/aromatic N) is 3. The van der Waals surface area contributed by atoms with Gasteiger partial charge in [0.2, 0.25) is 11.8 Å². The number of rotatable bonds is 6. The molecular formula is C17H20N4O3. The van der Waals surface area contributed by atoms with Gasteiger partial charge < -0.3 is 19.5 Å². The molecule has 1 aliphatic heterocycles. The normalized spacial score (nSPS) is 17.1. The first kappa shape index (κ1) is 16.0. The minimum absolute atomic E-state index is 0.0435. The van der Waals surface area contributed by atoms with E-state index in [1.54, 1.807) is 30.6 Å². The van der Waals surface area contributed by atoms with Crippen molar-refractivity contribution in [3.63, 3.8) is 0 Å². The van der Waals surface area contributed by atoms with Gasteiger partial charge in [0.1, 0.15) is 5.75 Å². The maximum absolute atomic E-state index is 12.3. The Hall–Kier alpha value is -2.83. The number of benzene rings is 1. The largest absolute Gasteiger partial charge is 0.497 e. The quantitative estimate of drug-likeness (QED) is 0.860. The molecule has 1 atom stereocenters.